The lowest BCUT2D eigenvalue weighted by atomic mass is 10.1. The molecule has 1 amide bonds. The second-order valence-electron chi connectivity index (χ2n) is 10.6. The van der Waals surface area contributed by atoms with Gasteiger partial charge in [0.25, 0.3) is 0 Å². The Hall–Kier alpha value is -4.36. The van der Waals surface area contributed by atoms with E-state index in [2.05, 4.69) is 20.9 Å². The van der Waals surface area contributed by atoms with Gasteiger partial charge in [0.2, 0.25) is 5.91 Å². The number of para-hydroxylation sites is 1. The average Bonchev–Trinajstić information content (AvgIpc) is 3.72. The molecule has 1 aliphatic rings. The Labute approximate surface area is 276 Å². The predicted octanol–water partition coefficient (Wildman–Crippen LogP) is 5.47. The zero-order valence-corrected chi connectivity index (χ0v) is 26.7. The standard InChI is InChI=1S/C32H35Cl2N7O5/c1-19-38-29(40-25-6-3-2-5-22(25)32(43)44)28(37-18-21-9-11-27(46-21)23-17-20(33)8-10-24(23)34)30(39-19)41-14-4-7-26(41)31(42)36-13-16-45-15-12-35/h2-3,5-6,8-11,17,26,37H,4,7,12-16,18,35H2,1H3,(H,36,42)(H,43,44)(H,38,39,40). The van der Waals surface area contributed by atoms with Crippen molar-refractivity contribution in [1.29, 1.82) is 0 Å². The number of benzene rings is 2. The molecule has 0 spiro atoms. The SMILES string of the molecule is Cc1nc(Nc2ccccc2C(=O)O)c(NCc2ccc(-c3cc(Cl)ccc3Cl)o2)c(N2CCCC2C(=O)NCCOCCN)n1. The molecule has 1 aliphatic heterocycles. The summed E-state index contributed by atoms with van der Waals surface area (Å²) >= 11 is 12.6. The molecule has 46 heavy (non-hydrogen) atoms. The van der Waals surface area contributed by atoms with Crippen molar-refractivity contribution in [3.63, 3.8) is 0 Å². The maximum atomic E-state index is 13.3. The fraction of sp³-hybridized carbons (Fsp3) is 0.312. The molecule has 1 atom stereocenters. The van der Waals surface area contributed by atoms with Crippen LogP contribution in [0.15, 0.2) is 59.0 Å². The van der Waals surface area contributed by atoms with Gasteiger partial charge in [-0.1, -0.05) is 35.3 Å². The van der Waals surface area contributed by atoms with Gasteiger partial charge >= 0.3 is 5.97 Å². The van der Waals surface area contributed by atoms with E-state index in [1.54, 1.807) is 43.3 Å². The molecule has 4 aromatic rings. The first-order valence-corrected chi connectivity index (χ1v) is 15.6. The number of carbonyl (C=O) groups excluding carboxylic acids is 1. The van der Waals surface area contributed by atoms with Gasteiger partial charge in [-0.05, 0) is 62.2 Å². The molecule has 1 fully saturated rings. The first kappa shape index (κ1) is 33.0. The van der Waals surface area contributed by atoms with Gasteiger partial charge < -0.3 is 40.8 Å². The smallest absolute Gasteiger partial charge is 0.337 e. The number of anilines is 4. The van der Waals surface area contributed by atoms with Crippen LogP contribution in [0.4, 0.5) is 23.0 Å². The van der Waals surface area contributed by atoms with Crippen LogP contribution < -0.4 is 26.6 Å². The molecule has 2 aromatic heterocycles. The fourth-order valence-electron chi connectivity index (χ4n) is 5.25. The summed E-state index contributed by atoms with van der Waals surface area (Å²) < 4.78 is 11.5. The first-order chi connectivity index (χ1) is 22.2. The predicted molar refractivity (Wildman–Crippen MR) is 178 cm³/mol. The van der Waals surface area contributed by atoms with E-state index in [0.29, 0.717) is 95.2 Å². The number of furan rings is 1. The number of hydrogen-bond acceptors (Lipinski definition) is 10. The van der Waals surface area contributed by atoms with Crippen molar-refractivity contribution in [1.82, 2.24) is 15.3 Å². The number of amides is 1. The molecule has 2 aromatic carbocycles. The maximum absolute atomic E-state index is 13.3. The lowest BCUT2D eigenvalue weighted by molar-refractivity contribution is -0.122. The summed E-state index contributed by atoms with van der Waals surface area (Å²) in [4.78, 5) is 36.7. The summed E-state index contributed by atoms with van der Waals surface area (Å²) in [5.41, 5.74) is 7.05. The van der Waals surface area contributed by atoms with Gasteiger partial charge in [-0.2, -0.15) is 0 Å². The number of carboxylic acids is 1. The fourth-order valence-corrected chi connectivity index (χ4v) is 5.63. The summed E-state index contributed by atoms with van der Waals surface area (Å²) in [5, 5.41) is 20.4. The van der Waals surface area contributed by atoms with E-state index in [0.717, 1.165) is 6.42 Å². The number of nitrogens with zero attached hydrogens (tertiary/aromatic N) is 3. The molecular weight excluding hydrogens is 633 g/mol. The maximum Gasteiger partial charge on any atom is 0.337 e. The molecule has 12 nitrogen and oxygen atoms in total. The minimum absolute atomic E-state index is 0.0793. The Balaban J connectivity index is 1.47. The molecule has 0 radical (unpaired) electrons. The Morgan fingerprint density at radius 3 is 2.76 bits per heavy atom. The Morgan fingerprint density at radius 1 is 1.13 bits per heavy atom. The topological polar surface area (TPSA) is 168 Å². The number of ether oxygens (including phenoxy) is 1. The molecule has 1 unspecified atom stereocenters. The second-order valence-corrected chi connectivity index (χ2v) is 11.4. The highest BCUT2D eigenvalue weighted by Gasteiger charge is 2.34. The van der Waals surface area contributed by atoms with Gasteiger partial charge in [0.1, 0.15) is 29.1 Å². The van der Waals surface area contributed by atoms with E-state index in [1.807, 2.05) is 17.0 Å². The number of hydrogen-bond donors (Lipinski definition) is 5. The van der Waals surface area contributed by atoms with Crippen molar-refractivity contribution < 1.29 is 23.8 Å². The Morgan fingerprint density at radius 2 is 1.96 bits per heavy atom. The number of aryl methyl sites for hydroxylation is 1. The van der Waals surface area contributed by atoms with Crippen LogP contribution in [0.5, 0.6) is 0 Å². The largest absolute Gasteiger partial charge is 0.478 e. The molecule has 3 heterocycles. The summed E-state index contributed by atoms with van der Waals surface area (Å²) in [5.74, 6) is 1.20. The highest BCUT2D eigenvalue weighted by molar-refractivity contribution is 6.35. The van der Waals surface area contributed by atoms with Gasteiger partial charge in [-0.15, -0.1) is 0 Å². The number of aromatic carboxylic acids is 1. The summed E-state index contributed by atoms with van der Waals surface area (Å²) in [6.45, 7) is 4.09. The number of carbonyl (C=O) groups is 2. The minimum Gasteiger partial charge on any atom is -0.478 e. The number of nitrogens with one attached hydrogen (secondary N) is 3. The van der Waals surface area contributed by atoms with Gasteiger partial charge in [0.15, 0.2) is 11.6 Å². The second kappa shape index (κ2) is 15.3. The van der Waals surface area contributed by atoms with Crippen molar-refractivity contribution in [2.45, 2.75) is 32.4 Å². The van der Waals surface area contributed by atoms with Gasteiger partial charge in [-0.3, -0.25) is 4.79 Å². The number of carboxylic acid groups (broad SMARTS) is 1. The van der Waals surface area contributed by atoms with E-state index < -0.39 is 12.0 Å². The quantitative estimate of drug-likeness (QED) is 0.108. The molecule has 0 saturated carbocycles. The highest BCUT2D eigenvalue weighted by atomic mass is 35.5. The molecule has 14 heteroatoms. The van der Waals surface area contributed by atoms with E-state index >= 15 is 0 Å². The third kappa shape index (κ3) is 7.88. The lowest BCUT2D eigenvalue weighted by Gasteiger charge is -2.28. The minimum atomic E-state index is -1.09. The molecule has 1 saturated heterocycles. The Kier molecular flexibility index (Phi) is 11.0. The van der Waals surface area contributed by atoms with Crippen molar-refractivity contribution in [3.05, 3.63) is 81.8 Å². The van der Waals surface area contributed by atoms with Crippen LogP contribution in [0, 0.1) is 6.92 Å². The van der Waals surface area contributed by atoms with E-state index in [-0.39, 0.29) is 18.0 Å². The zero-order valence-electron chi connectivity index (χ0n) is 25.2. The van der Waals surface area contributed by atoms with Crippen molar-refractivity contribution in [2.75, 3.05) is 48.4 Å². The molecule has 0 aliphatic carbocycles. The van der Waals surface area contributed by atoms with Crippen LogP contribution in [0.1, 0.15) is 34.8 Å². The number of halogens is 2. The van der Waals surface area contributed by atoms with Gasteiger partial charge in [0.05, 0.1) is 36.0 Å². The van der Waals surface area contributed by atoms with Crippen LogP contribution in [0.3, 0.4) is 0 Å². The summed E-state index contributed by atoms with van der Waals surface area (Å²) in [7, 11) is 0. The first-order valence-electron chi connectivity index (χ1n) is 14.8. The van der Waals surface area contributed by atoms with Gasteiger partial charge in [-0.25, -0.2) is 14.8 Å². The number of aromatic nitrogens is 2. The number of rotatable bonds is 14. The van der Waals surface area contributed by atoms with Crippen LogP contribution >= 0.6 is 23.2 Å². The molecular formula is C32H35Cl2N7O5. The van der Waals surface area contributed by atoms with E-state index in [9.17, 15) is 14.7 Å². The average molecular weight is 669 g/mol. The summed E-state index contributed by atoms with van der Waals surface area (Å²) in [6, 6.07) is 14.9. The van der Waals surface area contributed by atoms with Crippen LogP contribution in [0.2, 0.25) is 10.0 Å². The van der Waals surface area contributed by atoms with E-state index in [1.165, 1.54) is 6.07 Å². The van der Waals surface area contributed by atoms with Crippen molar-refractivity contribution in [2.24, 2.45) is 5.73 Å². The molecule has 0 bridgehead atoms. The van der Waals surface area contributed by atoms with Crippen LogP contribution in [-0.2, 0) is 16.1 Å². The third-order valence-electron chi connectivity index (χ3n) is 7.34. The van der Waals surface area contributed by atoms with Crippen LogP contribution in [-0.4, -0.2) is 65.8 Å². The summed E-state index contributed by atoms with van der Waals surface area (Å²) in [6.07, 6.45) is 1.40. The normalized spacial score (nSPS) is 14.3. The van der Waals surface area contributed by atoms with Gasteiger partial charge in [0, 0.05) is 30.2 Å². The lowest BCUT2D eigenvalue weighted by Crippen LogP contribution is -2.45. The monoisotopic (exact) mass is 667 g/mol. The van der Waals surface area contributed by atoms with E-state index in [4.69, 9.17) is 43.1 Å². The van der Waals surface area contributed by atoms with Crippen molar-refractivity contribution in [3.8, 4) is 11.3 Å². The molecule has 5 rings (SSSR count). The molecule has 242 valence electrons. The highest BCUT2D eigenvalue weighted by Crippen LogP contribution is 2.38. The Bertz CT molecular complexity index is 1700. The zero-order chi connectivity index (χ0) is 32.6. The van der Waals surface area contributed by atoms with Crippen molar-refractivity contribution >= 4 is 58.1 Å². The third-order valence-corrected chi connectivity index (χ3v) is 7.91. The van der Waals surface area contributed by atoms with Crippen LogP contribution in [0.25, 0.3) is 11.3 Å². The number of nitrogens with two attached hydrogens (primary N) is 1. The molecule has 6 N–H and O–H groups in total.